The highest BCUT2D eigenvalue weighted by Gasteiger charge is 2.25. The average molecular weight is 413 g/mol. The molecule has 0 aliphatic carbocycles. The van der Waals surface area contributed by atoms with Crippen LogP contribution in [0, 0.1) is 0 Å². The van der Waals surface area contributed by atoms with E-state index in [2.05, 4.69) is 15.0 Å². The molecule has 0 spiro atoms. The predicted molar refractivity (Wildman–Crippen MR) is 117 cm³/mol. The Morgan fingerprint density at radius 1 is 1.00 bits per heavy atom. The Hall–Kier alpha value is -3.58. The van der Waals surface area contributed by atoms with E-state index in [-0.39, 0.29) is 12.0 Å². The Morgan fingerprint density at radius 3 is 2.58 bits per heavy atom. The maximum atomic E-state index is 13.0. The molecule has 7 nitrogen and oxygen atoms in total. The molecule has 0 radical (unpaired) electrons. The number of benzene rings is 1. The van der Waals surface area contributed by atoms with Crippen molar-refractivity contribution in [2.24, 2.45) is 0 Å². The standard InChI is InChI=1S/C24H23N5O2/c30-24(28-12-9-21(10-13-28)31-16-19-6-4-5-11-25-19)18-14-22-23(26-15-18)29(17-27-22)20-7-2-1-3-8-20/h1-8,11,14-15,17,21H,9-10,12-13,16H2. The molecule has 1 aliphatic rings. The number of para-hydroxylation sites is 1. The number of carbonyl (C=O) groups excluding carboxylic acids is 1. The second-order valence-corrected chi connectivity index (χ2v) is 7.64. The Kier molecular flexibility index (Phi) is 5.41. The second kappa shape index (κ2) is 8.65. The molecule has 0 N–H and O–H groups in total. The first-order chi connectivity index (χ1) is 15.3. The van der Waals surface area contributed by atoms with Crippen LogP contribution in [0.3, 0.4) is 0 Å². The lowest BCUT2D eigenvalue weighted by Crippen LogP contribution is -2.40. The molecule has 3 aromatic heterocycles. The van der Waals surface area contributed by atoms with E-state index in [1.165, 1.54) is 0 Å². The van der Waals surface area contributed by atoms with Crippen molar-refractivity contribution in [1.29, 1.82) is 0 Å². The zero-order valence-corrected chi connectivity index (χ0v) is 17.1. The van der Waals surface area contributed by atoms with Gasteiger partial charge in [-0.25, -0.2) is 9.97 Å². The number of fused-ring (bicyclic) bond motifs is 1. The third-order valence-electron chi connectivity index (χ3n) is 5.59. The summed E-state index contributed by atoms with van der Waals surface area (Å²) >= 11 is 0. The lowest BCUT2D eigenvalue weighted by molar-refractivity contribution is -0.00161. The maximum Gasteiger partial charge on any atom is 0.255 e. The molecule has 0 unspecified atom stereocenters. The molecule has 1 amide bonds. The maximum absolute atomic E-state index is 13.0. The number of nitrogens with zero attached hydrogens (tertiary/aromatic N) is 5. The zero-order chi connectivity index (χ0) is 21.0. The number of hydrogen-bond donors (Lipinski definition) is 0. The van der Waals surface area contributed by atoms with Gasteiger partial charge in [-0.05, 0) is 43.2 Å². The van der Waals surface area contributed by atoms with E-state index >= 15 is 0 Å². The molecule has 156 valence electrons. The van der Waals surface area contributed by atoms with Crippen molar-refractivity contribution in [1.82, 2.24) is 24.4 Å². The van der Waals surface area contributed by atoms with E-state index in [1.54, 1.807) is 18.7 Å². The molecule has 4 heterocycles. The molecule has 31 heavy (non-hydrogen) atoms. The van der Waals surface area contributed by atoms with Crippen molar-refractivity contribution < 1.29 is 9.53 Å². The van der Waals surface area contributed by atoms with Gasteiger partial charge in [0.25, 0.3) is 5.91 Å². The van der Waals surface area contributed by atoms with Gasteiger partial charge in [0, 0.05) is 31.2 Å². The Labute approximate surface area is 180 Å². The fraction of sp³-hybridized carbons (Fsp3) is 0.250. The summed E-state index contributed by atoms with van der Waals surface area (Å²) < 4.78 is 7.90. The van der Waals surface area contributed by atoms with Crippen molar-refractivity contribution in [2.45, 2.75) is 25.6 Å². The predicted octanol–water partition coefficient (Wildman–Crippen LogP) is 3.64. The van der Waals surface area contributed by atoms with Gasteiger partial charge in [-0.3, -0.25) is 14.3 Å². The van der Waals surface area contributed by atoms with Gasteiger partial charge in [0.15, 0.2) is 5.65 Å². The van der Waals surface area contributed by atoms with Gasteiger partial charge in [-0.1, -0.05) is 24.3 Å². The van der Waals surface area contributed by atoms with Crippen LogP contribution in [0.1, 0.15) is 28.9 Å². The van der Waals surface area contributed by atoms with E-state index in [0.29, 0.717) is 30.8 Å². The highest BCUT2D eigenvalue weighted by atomic mass is 16.5. The number of ether oxygens (including phenoxy) is 1. The normalized spacial score (nSPS) is 14.8. The summed E-state index contributed by atoms with van der Waals surface area (Å²) in [6.45, 7) is 1.84. The summed E-state index contributed by atoms with van der Waals surface area (Å²) in [5.74, 6) is -0.00756. The largest absolute Gasteiger partial charge is 0.372 e. The number of aromatic nitrogens is 4. The Balaban J connectivity index is 1.22. The molecule has 0 bridgehead atoms. The molecule has 5 rings (SSSR count). The van der Waals surface area contributed by atoms with Crippen molar-refractivity contribution in [2.75, 3.05) is 13.1 Å². The van der Waals surface area contributed by atoms with Crippen molar-refractivity contribution in [3.63, 3.8) is 0 Å². The summed E-state index contributed by atoms with van der Waals surface area (Å²) in [4.78, 5) is 28.2. The summed E-state index contributed by atoms with van der Waals surface area (Å²) in [7, 11) is 0. The van der Waals surface area contributed by atoms with Gasteiger partial charge in [-0.15, -0.1) is 0 Å². The smallest absolute Gasteiger partial charge is 0.255 e. The highest BCUT2D eigenvalue weighted by Crippen LogP contribution is 2.20. The van der Waals surface area contributed by atoms with Gasteiger partial charge in [-0.2, -0.15) is 0 Å². The van der Waals surface area contributed by atoms with Gasteiger partial charge < -0.3 is 9.64 Å². The lowest BCUT2D eigenvalue weighted by Gasteiger charge is -2.32. The number of carbonyl (C=O) groups is 1. The number of piperidine rings is 1. The van der Waals surface area contributed by atoms with Gasteiger partial charge >= 0.3 is 0 Å². The molecular formula is C24H23N5O2. The Morgan fingerprint density at radius 2 is 1.81 bits per heavy atom. The van der Waals surface area contributed by atoms with Gasteiger partial charge in [0.05, 0.1) is 24.0 Å². The molecule has 0 saturated carbocycles. The first-order valence-electron chi connectivity index (χ1n) is 10.5. The quantitative estimate of drug-likeness (QED) is 0.499. The van der Waals surface area contributed by atoms with Crippen LogP contribution in [0.5, 0.6) is 0 Å². The number of rotatable bonds is 5. The van der Waals surface area contributed by atoms with Crippen LogP contribution >= 0.6 is 0 Å². The van der Waals surface area contributed by atoms with E-state index in [0.717, 1.165) is 29.9 Å². The van der Waals surface area contributed by atoms with E-state index < -0.39 is 0 Å². The minimum absolute atomic E-state index is 0.00756. The Bertz CT molecular complexity index is 1170. The minimum Gasteiger partial charge on any atom is -0.372 e. The summed E-state index contributed by atoms with van der Waals surface area (Å²) in [6, 6.07) is 17.6. The van der Waals surface area contributed by atoms with Crippen LogP contribution in [0.15, 0.2) is 73.3 Å². The van der Waals surface area contributed by atoms with Crippen LogP contribution in [0.2, 0.25) is 0 Å². The monoisotopic (exact) mass is 413 g/mol. The van der Waals surface area contributed by atoms with Crippen LogP contribution < -0.4 is 0 Å². The number of imidazole rings is 1. The number of hydrogen-bond acceptors (Lipinski definition) is 5. The van der Waals surface area contributed by atoms with Crippen LogP contribution in [-0.4, -0.2) is 49.5 Å². The first kappa shape index (κ1) is 19.4. The summed E-state index contributed by atoms with van der Waals surface area (Å²) in [5.41, 5.74) is 3.94. The van der Waals surface area contributed by atoms with Crippen molar-refractivity contribution >= 4 is 17.1 Å². The molecule has 1 aromatic carbocycles. The second-order valence-electron chi connectivity index (χ2n) is 7.64. The number of pyridine rings is 2. The molecule has 1 fully saturated rings. The molecule has 1 aliphatic heterocycles. The van der Waals surface area contributed by atoms with Crippen molar-refractivity contribution in [3.05, 3.63) is 84.6 Å². The lowest BCUT2D eigenvalue weighted by atomic mass is 10.1. The van der Waals surface area contributed by atoms with E-state index in [1.807, 2.05) is 64.1 Å². The SMILES string of the molecule is O=C(c1cnc2c(c1)ncn2-c1ccccc1)N1CCC(OCc2ccccn2)CC1. The van der Waals surface area contributed by atoms with Crippen LogP contribution in [0.4, 0.5) is 0 Å². The minimum atomic E-state index is -0.00756. The highest BCUT2D eigenvalue weighted by molar-refractivity contribution is 5.96. The molecule has 4 aromatic rings. The van der Waals surface area contributed by atoms with Gasteiger partial charge in [0.2, 0.25) is 0 Å². The fourth-order valence-corrected chi connectivity index (χ4v) is 3.89. The number of amides is 1. The average Bonchev–Trinajstić information content (AvgIpc) is 3.27. The van der Waals surface area contributed by atoms with Gasteiger partial charge in [0.1, 0.15) is 11.8 Å². The molecule has 7 heteroatoms. The third kappa shape index (κ3) is 4.18. The summed E-state index contributed by atoms with van der Waals surface area (Å²) in [5, 5.41) is 0. The van der Waals surface area contributed by atoms with Crippen LogP contribution in [-0.2, 0) is 11.3 Å². The molecule has 1 saturated heterocycles. The van der Waals surface area contributed by atoms with E-state index in [9.17, 15) is 4.79 Å². The topological polar surface area (TPSA) is 73.1 Å². The number of likely N-dealkylation sites (tertiary alicyclic amines) is 1. The first-order valence-corrected chi connectivity index (χ1v) is 10.5. The van der Waals surface area contributed by atoms with Crippen molar-refractivity contribution in [3.8, 4) is 5.69 Å². The zero-order valence-electron chi connectivity index (χ0n) is 17.1. The fourth-order valence-electron chi connectivity index (χ4n) is 3.89. The van der Waals surface area contributed by atoms with Crippen LogP contribution in [0.25, 0.3) is 16.9 Å². The molecule has 0 atom stereocenters. The van der Waals surface area contributed by atoms with E-state index in [4.69, 9.17) is 4.74 Å². The summed E-state index contributed by atoms with van der Waals surface area (Å²) in [6.07, 6.45) is 6.94. The third-order valence-corrected chi connectivity index (χ3v) is 5.59. The molecular weight excluding hydrogens is 390 g/mol.